The van der Waals surface area contributed by atoms with Crippen molar-refractivity contribution >= 4 is 17.0 Å². The van der Waals surface area contributed by atoms with Crippen molar-refractivity contribution in [2.75, 3.05) is 12.3 Å². The average Bonchev–Trinajstić information content (AvgIpc) is 3.10. The number of anilines is 1. The van der Waals surface area contributed by atoms with Gasteiger partial charge in [0.25, 0.3) is 0 Å². The molecule has 0 bridgehead atoms. The minimum absolute atomic E-state index is 0.152. The summed E-state index contributed by atoms with van der Waals surface area (Å²) in [5.41, 5.74) is 6.87. The molecule has 2 aliphatic rings. The summed E-state index contributed by atoms with van der Waals surface area (Å²) >= 11 is 0. The van der Waals surface area contributed by atoms with Crippen LogP contribution in [0.25, 0.3) is 11.2 Å². The Morgan fingerprint density at radius 2 is 2.05 bits per heavy atom. The van der Waals surface area contributed by atoms with E-state index in [9.17, 15) is 5.11 Å². The number of hydrogen-bond acceptors (Lipinski definition) is 8. The van der Waals surface area contributed by atoms with Crippen LogP contribution in [0.15, 0.2) is 12.7 Å². The van der Waals surface area contributed by atoms with Gasteiger partial charge in [-0.05, 0) is 13.8 Å². The summed E-state index contributed by atoms with van der Waals surface area (Å²) in [5, 5.41) is 9.52. The van der Waals surface area contributed by atoms with Crippen LogP contribution >= 0.6 is 0 Å². The van der Waals surface area contributed by atoms with E-state index in [0.29, 0.717) is 17.0 Å². The Labute approximate surface area is 126 Å². The molecule has 0 amide bonds. The standard InChI is InChI=1S/C13H17N5O4/c1-13(2)21-8-6(3-19)20-12(9(8)22-13)18-5-17-7-10(14)15-4-16-11(7)18/h4-6,8-9,12,19H,3H2,1-2H3,(H2,14,15,16)/t6-,8+,9+,12+/m1/s1. The van der Waals surface area contributed by atoms with E-state index in [1.807, 2.05) is 13.8 Å². The van der Waals surface area contributed by atoms with Crippen molar-refractivity contribution in [2.24, 2.45) is 0 Å². The van der Waals surface area contributed by atoms with Gasteiger partial charge in [-0.3, -0.25) is 4.57 Å². The molecule has 2 saturated heterocycles. The second kappa shape index (κ2) is 4.59. The SMILES string of the molecule is CC1(C)O[C@@H]2[C@H](O1)[C@@H](n1cnc3c(N)ncnc31)O[C@@H]2CO. The lowest BCUT2D eigenvalue weighted by Gasteiger charge is -2.24. The Bertz CT molecular complexity index is 718. The van der Waals surface area contributed by atoms with Gasteiger partial charge in [0.15, 0.2) is 23.5 Å². The first-order valence-electron chi connectivity index (χ1n) is 7.05. The predicted octanol–water partition coefficient (Wildman–Crippen LogP) is -0.182. The second-order valence-corrected chi connectivity index (χ2v) is 5.90. The van der Waals surface area contributed by atoms with Gasteiger partial charge in [-0.1, -0.05) is 0 Å². The zero-order valence-corrected chi connectivity index (χ0v) is 12.2. The number of ether oxygens (including phenoxy) is 3. The van der Waals surface area contributed by atoms with Crippen LogP contribution in [0.1, 0.15) is 20.1 Å². The summed E-state index contributed by atoms with van der Waals surface area (Å²) in [6.45, 7) is 3.52. The van der Waals surface area contributed by atoms with Gasteiger partial charge in [-0.2, -0.15) is 0 Å². The molecule has 2 aromatic rings. The van der Waals surface area contributed by atoms with Gasteiger partial charge in [0.05, 0.1) is 12.9 Å². The Morgan fingerprint density at radius 3 is 2.82 bits per heavy atom. The lowest BCUT2D eigenvalue weighted by Crippen LogP contribution is -2.31. The fraction of sp³-hybridized carbons (Fsp3) is 0.615. The van der Waals surface area contributed by atoms with E-state index in [4.69, 9.17) is 19.9 Å². The number of aliphatic hydroxyl groups excluding tert-OH is 1. The highest BCUT2D eigenvalue weighted by Crippen LogP contribution is 2.43. The average molecular weight is 307 g/mol. The van der Waals surface area contributed by atoms with Gasteiger partial charge in [0.1, 0.15) is 30.2 Å². The third kappa shape index (κ3) is 1.90. The normalized spacial score (nSPS) is 33.4. The van der Waals surface area contributed by atoms with E-state index < -0.39 is 18.1 Å². The fourth-order valence-corrected chi connectivity index (χ4v) is 3.09. The Hall–Kier alpha value is -1.81. The summed E-state index contributed by atoms with van der Waals surface area (Å²) in [7, 11) is 0. The minimum atomic E-state index is -0.727. The van der Waals surface area contributed by atoms with E-state index in [2.05, 4.69) is 15.0 Å². The lowest BCUT2D eigenvalue weighted by atomic mass is 10.1. The van der Waals surface area contributed by atoms with Crippen LogP contribution in [0.2, 0.25) is 0 Å². The number of aromatic nitrogens is 4. The molecule has 0 aromatic carbocycles. The first-order valence-corrected chi connectivity index (χ1v) is 7.05. The van der Waals surface area contributed by atoms with Crippen molar-refractivity contribution in [1.29, 1.82) is 0 Å². The molecule has 4 atom stereocenters. The molecule has 2 fully saturated rings. The lowest BCUT2D eigenvalue weighted by molar-refractivity contribution is -0.199. The molecular weight excluding hydrogens is 290 g/mol. The molecule has 0 saturated carbocycles. The molecule has 0 spiro atoms. The minimum Gasteiger partial charge on any atom is -0.394 e. The van der Waals surface area contributed by atoms with Crippen LogP contribution < -0.4 is 5.73 Å². The van der Waals surface area contributed by atoms with Crippen molar-refractivity contribution in [3.05, 3.63) is 12.7 Å². The largest absolute Gasteiger partial charge is 0.394 e. The summed E-state index contributed by atoms with van der Waals surface area (Å²) in [6, 6.07) is 0. The summed E-state index contributed by atoms with van der Waals surface area (Å²) < 4.78 is 19.4. The smallest absolute Gasteiger partial charge is 0.167 e. The molecule has 2 aromatic heterocycles. The number of nitrogen functional groups attached to an aromatic ring is 1. The highest BCUT2D eigenvalue weighted by atomic mass is 16.8. The van der Waals surface area contributed by atoms with Crippen LogP contribution in [-0.2, 0) is 14.2 Å². The molecule has 4 heterocycles. The van der Waals surface area contributed by atoms with Crippen molar-refractivity contribution in [2.45, 2.75) is 44.2 Å². The van der Waals surface area contributed by atoms with Crippen molar-refractivity contribution < 1.29 is 19.3 Å². The quantitative estimate of drug-likeness (QED) is 0.784. The van der Waals surface area contributed by atoms with Crippen LogP contribution in [0.5, 0.6) is 0 Å². The molecule has 0 aliphatic carbocycles. The molecule has 22 heavy (non-hydrogen) atoms. The number of nitrogens with two attached hydrogens (primary N) is 1. The number of aliphatic hydroxyl groups is 1. The molecule has 118 valence electrons. The van der Waals surface area contributed by atoms with Gasteiger partial charge in [-0.25, -0.2) is 15.0 Å². The molecule has 2 aliphatic heterocycles. The number of hydrogen-bond donors (Lipinski definition) is 2. The maximum Gasteiger partial charge on any atom is 0.167 e. The zero-order chi connectivity index (χ0) is 15.5. The Balaban J connectivity index is 1.77. The van der Waals surface area contributed by atoms with Crippen LogP contribution in [-0.4, -0.2) is 55.3 Å². The van der Waals surface area contributed by atoms with Gasteiger partial charge in [0.2, 0.25) is 0 Å². The van der Waals surface area contributed by atoms with Crippen molar-refractivity contribution in [3.8, 4) is 0 Å². The third-order valence-electron chi connectivity index (χ3n) is 3.97. The fourth-order valence-electron chi connectivity index (χ4n) is 3.09. The van der Waals surface area contributed by atoms with Crippen LogP contribution in [0, 0.1) is 0 Å². The molecule has 0 radical (unpaired) electrons. The molecule has 0 unspecified atom stereocenters. The van der Waals surface area contributed by atoms with Crippen molar-refractivity contribution in [1.82, 2.24) is 19.5 Å². The second-order valence-electron chi connectivity index (χ2n) is 5.90. The first-order chi connectivity index (χ1) is 10.5. The summed E-state index contributed by atoms with van der Waals surface area (Å²) in [5.74, 6) is -0.421. The number of imidazole rings is 1. The summed E-state index contributed by atoms with van der Waals surface area (Å²) in [6.07, 6.45) is 1.30. The Morgan fingerprint density at radius 1 is 1.27 bits per heavy atom. The third-order valence-corrected chi connectivity index (χ3v) is 3.97. The van der Waals surface area contributed by atoms with E-state index in [-0.39, 0.29) is 18.8 Å². The predicted molar refractivity (Wildman–Crippen MR) is 74.6 cm³/mol. The van der Waals surface area contributed by atoms with Gasteiger partial charge < -0.3 is 25.1 Å². The zero-order valence-electron chi connectivity index (χ0n) is 12.2. The monoisotopic (exact) mass is 307 g/mol. The molecule has 9 nitrogen and oxygen atoms in total. The highest BCUT2D eigenvalue weighted by Gasteiger charge is 2.55. The Kier molecular flexibility index (Phi) is 2.89. The van der Waals surface area contributed by atoms with Crippen LogP contribution in [0.4, 0.5) is 5.82 Å². The topological polar surface area (TPSA) is 118 Å². The van der Waals surface area contributed by atoms with E-state index in [0.717, 1.165) is 0 Å². The van der Waals surface area contributed by atoms with E-state index in [1.165, 1.54) is 6.33 Å². The van der Waals surface area contributed by atoms with Gasteiger partial charge >= 0.3 is 0 Å². The number of nitrogens with zero attached hydrogens (tertiary/aromatic N) is 4. The van der Waals surface area contributed by atoms with Crippen LogP contribution in [0.3, 0.4) is 0 Å². The van der Waals surface area contributed by atoms with Crippen molar-refractivity contribution in [3.63, 3.8) is 0 Å². The van der Waals surface area contributed by atoms with Gasteiger partial charge in [0, 0.05) is 0 Å². The summed E-state index contributed by atoms with van der Waals surface area (Å²) in [4.78, 5) is 12.4. The molecule has 4 rings (SSSR count). The maximum absolute atomic E-state index is 9.52. The molecular formula is C13H17N5O4. The molecule has 9 heteroatoms. The molecule has 3 N–H and O–H groups in total. The number of fused-ring (bicyclic) bond motifs is 2. The van der Waals surface area contributed by atoms with Gasteiger partial charge in [-0.15, -0.1) is 0 Å². The highest BCUT2D eigenvalue weighted by molar-refractivity contribution is 5.81. The van der Waals surface area contributed by atoms with E-state index in [1.54, 1.807) is 10.9 Å². The maximum atomic E-state index is 9.52. The first kappa shape index (κ1) is 13.8. The van der Waals surface area contributed by atoms with E-state index >= 15 is 0 Å². The number of rotatable bonds is 2.